The maximum atomic E-state index is 5.37. The van der Waals surface area contributed by atoms with E-state index in [1.54, 1.807) is 14.2 Å². The smallest absolute Gasteiger partial charge is 0.229 e. The van der Waals surface area contributed by atoms with Crippen LogP contribution < -0.4 is 20.7 Å². The largest absolute Gasteiger partial charge is 0.497 e. The number of hydrogen-bond donors (Lipinski definition) is 4. The Labute approximate surface area is 193 Å². The number of thiocarbonyl (C=S) groups is 1. The maximum absolute atomic E-state index is 5.37. The lowest BCUT2D eigenvalue weighted by Crippen LogP contribution is -2.43. The Morgan fingerprint density at radius 2 is 1.94 bits per heavy atom. The van der Waals surface area contributed by atoms with Crippen LogP contribution in [-0.4, -0.2) is 59.9 Å². The van der Waals surface area contributed by atoms with E-state index in [1.807, 2.05) is 44.3 Å². The van der Waals surface area contributed by atoms with Crippen molar-refractivity contribution in [3.8, 4) is 5.75 Å². The molecule has 0 aliphatic carbocycles. The highest BCUT2D eigenvalue weighted by Gasteiger charge is 2.08. The second-order valence-corrected chi connectivity index (χ2v) is 7.59. The van der Waals surface area contributed by atoms with Gasteiger partial charge in [0, 0.05) is 48.7 Å². The minimum absolute atomic E-state index is 0.439. The highest BCUT2D eigenvalue weighted by molar-refractivity contribution is 7.80. The topological polar surface area (TPSA) is 108 Å². The summed E-state index contributed by atoms with van der Waals surface area (Å²) in [5, 5.41) is 10.9. The highest BCUT2D eigenvalue weighted by atomic mass is 32.1. The number of aliphatic imine (C=N–C) groups is 1. The Kier molecular flexibility index (Phi) is 8.34. The first-order valence-electron chi connectivity index (χ1n) is 10.3. The normalized spacial score (nSPS) is 11.4. The van der Waals surface area contributed by atoms with Gasteiger partial charge >= 0.3 is 0 Å². The standard InChI is InChI=1S/C22H29N7O2S/c1-14-11-15(2)27-21(26-14)28-20(29-22(32)24-9-10-30-3)23-8-7-16-13-25-19-6-5-17(31-4)12-18(16)19/h5-6,11-13,25H,7-10H2,1-4H3,(H3,23,24,26,27,28,29,32). The van der Waals surface area contributed by atoms with E-state index in [9.17, 15) is 0 Å². The summed E-state index contributed by atoms with van der Waals surface area (Å²) in [7, 11) is 3.31. The number of hydrogen-bond acceptors (Lipinski definition) is 6. The monoisotopic (exact) mass is 455 g/mol. The molecule has 0 fully saturated rings. The minimum Gasteiger partial charge on any atom is -0.497 e. The number of guanidine groups is 1. The molecule has 1 aromatic carbocycles. The Bertz CT molecular complexity index is 1080. The molecule has 3 aromatic rings. The fourth-order valence-electron chi connectivity index (χ4n) is 3.20. The van der Waals surface area contributed by atoms with Crippen LogP contribution in [0.4, 0.5) is 5.95 Å². The average molecular weight is 456 g/mol. The zero-order valence-electron chi connectivity index (χ0n) is 18.8. The fraction of sp³-hybridized carbons (Fsp3) is 0.364. The van der Waals surface area contributed by atoms with Crippen LogP contribution in [0, 0.1) is 13.8 Å². The summed E-state index contributed by atoms with van der Waals surface area (Å²) in [6, 6.07) is 7.89. The predicted octanol–water partition coefficient (Wildman–Crippen LogP) is 2.70. The van der Waals surface area contributed by atoms with Gasteiger partial charge in [-0.1, -0.05) is 0 Å². The minimum atomic E-state index is 0.439. The van der Waals surface area contributed by atoms with Crippen LogP contribution in [0.15, 0.2) is 35.5 Å². The van der Waals surface area contributed by atoms with Gasteiger partial charge in [0.1, 0.15) is 5.75 Å². The number of rotatable bonds is 8. The summed E-state index contributed by atoms with van der Waals surface area (Å²) in [6.07, 6.45) is 2.74. The van der Waals surface area contributed by atoms with Gasteiger partial charge in [0.2, 0.25) is 11.9 Å². The van der Waals surface area contributed by atoms with Crippen molar-refractivity contribution in [3.05, 3.63) is 47.4 Å². The molecule has 2 aromatic heterocycles. The van der Waals surface area contributed by atoms with Gasteiger partial charge < -0.3 is 25.1 Å². The number of aromatic nitrogens is 3. The lowest BCUT2D eigenvalue weighted by atomic mass is 10.1. The zero-order valence-corrected chi connectivity index (χ0v) is 19.6. The third kappa shape index (κ3) is 6.63. The van der Waals surface area contributed by atoms with E-state index in [-0.39, 0.29) is 0 Å². The summed E-state index contributed by atoms with van der Waals surface area (Å²) >= 11 is 5.37. The van der Waals surface area contributed by atoms with Crippen LogP contribution in [0.2, 0.25) is 0 Å². The molecule has 0 spiro atoms. The lowest BCUT2D eigenvalue weighted by molar-refractivity contribution is 0.204. The van der Waals surface area contributed by atoms with Crippen LogP contribution in [-0.2, 0) is 11.2 Å². The highest BCUT2D eigenvalue weighted by Crippen LogP contribution is 2.23. The second-order valence-electron chi connectivity index (χ2n) is 7.18. The molecule has 0 aliphatic heterocycles. The number of aryl methyl sites for hydroxylation is 2. The van der Waals surface area contributed by atoms with E-state index in [2.05, 4.69) is 35.9 Å². The molecule has 10 heteroatoms. The van der Waals surface area contributed by atoms with Crippen molar-refractivity contribution < 1.29 is 9.47 Å². The third-order valence-electron chi connectivity index (χ3n) is 4.66. The van der Waals surface area contributed by atoms with Crippen molar-refractivity contribution in [2.24, 2.45) is 4.99 Å². The average Bonchev–Trinajstić information content (AvgIpc) is 3.15. The number of aromatic amines is 1. The van der Waals surface area contributed by atoms with Gasteiger partial charge in [-0.25, -0.2) is 9.97 Å². The maximum Gasteiger partial charge on any atom is 0.229 e. The van der Waals surface area contributed by atoms with Crippen LogP contribution in [0.25, 0.3) is 10.9 Å². The number of anilines is 1. The van der Waals surface area contributed by atoms with Gasteiger partial charge in [-0.3, -0.25) is 10.3 Å². The number of fused-ring (bicyclic) bond motifs is 1. The molecular weight excluding hydrogens is 426 g/mol. The molecule has 0 radical (unpaired) electrons. The first-order chi connectivity index (χ1) is 15.5. The summed E-state index contributed by atoms with van der Waals surface area (Å²) < 4.78 is 10.4. The van der Waals surface area contributed by atoms with Crippen molar-refractivity contribution >= 4 is 40.1 Å². The molecule has 32 heavy (non-hydrogen) atoms. The van der Waals surface area contributed by atoms with Crippen molar-refractivity contribution in [1.82, 2.24) is 25.6 Å². The Balaban J connectivity index is 1.73. The van der Waals surface area contributed by atoms with Gasteiger partial charge in [0.25, 0.3) is 0 Å². The molecule has 0 aliphatic rings. The van der Waals surface area contributed by atoms with Gasteiger partial charge in [0.05, 0.1) is 13.7 Å². The van der Waals surface area contributed by atoms with Gasteiger partial charge in [0.15, 0.2) is 5.11 Å². The van der Waals surface area contributed by atoms with Crippen molar-refractivity contribution in [1.29, 1.82) is 0 Å². The Morgan fingerprint density at radius 1 is 1.16 bits per heavy atom. The number of methoxy groups -OCH3 is 2. The molecule has 0 atom stereocenters. The van der Waals surface area contributed by atoms with E-state index in [0.717, 1.165) is 40.0 Å². The first kappa shape index (κ1) is 23.4. The van der Waals surface area contributed by atoms with Crippen molar-refractivity contribution in [2.45, 2.75) is 20.3 Å². The molecule has 0 unspecified atom stereocenters. The molecule has 0 saturated heterocycles. The molecular formula is C22H29N7O2S. The lowest BCUT2D eigenvalue weighted by Gasteiger charge is -2.14. The molecule has 4 N–H and O–H groups in total. The quantitative estimate of drug-likeness (QED) is 0.178. The molecule has 9 nitrogen and oxygen atoms in total. The van der Waals surface area contributed by atoms with E-state index >= 15 is 0 Å². The molecule has 0 saturated carbocycles. The van der Waals surface area contributed by atoms with Crippen LogP contribution >= 0.6 is 12.2 Å². The fourth-order valence-corrected chi connectivity index (χ4v) is 3.39. The summed E-state index contributed by atoms with van der Waals surface area (Å²) in [4.78, 5) is 16.8. The number of nitrogens with one attached hydrogen (secondary N) is 4. The van der Waals surface area contributed by atoms with Crippen LogP contribution in [0.3, 0.4) is 0 Å². The van der Waals surface area contributed by atoms with Gasteiger partial charge in [-0.2, -0.15) is 0 Å². The molecule has 170 valence electrons. The molecule has 2 heterocycles. The van der Waals surface area contributed by atoms with E-state index in [0.29, 0.717) is 36.7 Å². The third-order valence-corrected chi connectivity index (χ3v) is 4.91. The predicted molar refractivity (Wildman–Crippen MR) is 132 cm³/mol. The van der Waals surface area contributed by atoms with Gasteiger partial charge in [-0.15, -0.1) is 0 Å². The van der Waals surface area contributed by atoms with Crippen molar-refractivity contribution in [2.75, 3.05) is 39.2 Å². The number of nitrogens with zero attached hydrogens (tertiary/aromatic N) is 3. The van der Waals surface area contributed by atoms with E-state index in [4.69, 9.17) is 21.7 Å². The van der Waals surface area contributed by atoms with Crippen LogP contribution in [0.1, 0.15) is 17.0 Å². The summed E-state index contributed by atoms with van der Waals surface area (Å²) in [5.41, 5.74) is 3.96. The van der Waals surface area contributed by atoms with Crippen LogP contribution in [0.5, 0.6) is 5.75 Å². The molecule has 0 bridgehead atoms. The number of benzene rings is 1. The number of H-pyrrole nitrogens is 1. The molecule has 3 rings (SSSR count). The zero-order chi connectivity index (χ0) is 22.9. The number of ether oxygens (including phenoxy) is 2. The van der Waals surface area contributed by atoms with E-state index in [1.165, 1.54) is 0 Å². The second kappa shape index (κ2) is 11.4. The Hall–Kier alpha value is -3.24. The Morgan fingerprint density at radius 3 is 2.66 bits per heavy atom. The summed E-state index contributed by atoms with van der Waals surface area (Å²) in [5.74, 6) is 1.76. The van der Waals surface area contributed by atoms with Gasteiger partial charge in [-0.05, 0) is 62.3 Å². The first-order valence-corrected chi connectivity index (χ1v) is 10.7. The van der Waals surface area contributed by atoms with E-state index < -0.39 is 0 Å². The molecule has 0 amide bonds. The SMILES string of the molecule is COCCNC(=S)NC(=NCCc1c[nH]c2ccc(OC)cc12)Nc1nc(C)cc(C)n1. The van der Waals surface area contributed by atoms with Crippen molar-refractivity contribution in [3.63, 3.8) is 0 Å². The summed E-state index contributed by atoms with van der Waals surface area (Å²) in [6.45, 7) is 5.52.